The van der Waals surface area contributed by atoms with Crippen molar-refractivity contribution >= 4 is 41.0 Å². The zero-order valence-corrected chi connectivity index (χ0v) is 17.7. The van der Waals surface area contributed by atoms with E-state index in [1.165, 1.54) is 11.8 Å². The third-order valence-corrected chi connectivity index (χ3v) is 5.88. The molecule has 1 unspecified atom stereocenters. The first kappa shape index (κ1) is 19.8. The van der Waals surface area contributed by atoms with Crippen molar-refractivity contribution in [2.24, 2.45) is 0 Å². The number of carbonyl (C=O) groups is 1. The summed E-state index contributed by atoms with van der Waals surface area (Å²) in [4.78, 5) is 14.8. The van der Waals surface area contributed by atoms with Gasteiger partial charge in [-0.2, -0.15) is 0 Å². The fourth-order valence-electron chi connectivity index (χ4n) is 3.17. The number of hydrogen-bond donors (Lipinski definition) is 1. The van der Waals surface area contributed by atoms with Crippen LogP contribution in [0.15, 0.2) is 40.0 Å². The third kappa shape index (κ3) is 4.40. The van der Waals surface area contributed by atoms with Crippen molar-refractivity contribution in [3.8, 4) is 5.69 Å². The van der Waals surface area contributed by atoms with Crippen LogP contribution in [0.1, 0.15) is 25.5 Å². The van der Waals surface area contributed by atoms with Gasteiger partial charge in [-0.3, -0.25) is 9.36 Å². The number of nitrogens with zero attached hydrogens (tertiary/aromatic N) is 5. The van der Waals surface area contributed by atoms with Gasteiger partial charge in [0.2, 0.25) is 11.9 Å². The Morgan fingerprint density at radius 3 is 2.76 bits per heavy atom. The molecule has 1 atom stereocenters. The zero-order valence-electron chi connectivity index (χ0n) is 16.1. The van der Waals surface area contributed by atoms with Crippen LogP contribution in [0.3, 0.4) is 0 Å². The molecule has 4 rings (SSSR count). The van der Waals surface area contributed by atoms with Gasteiger partial charge in [-0.05, 0) is 44.9 Å². The van der Waals surface area contributed by atoms with Crippen molar-refractivity contribution in [3.05, 3.63) is 41.1 Å². The molecule has 3 heterocycles. The number of halogens is 1. The maximum Gasteiger partial charge on any atom is 0.238 e. The van der Waals surface area contributed by atoms with Crippen LogP contribution in [0.2, 0.25) is 5.02 Å². The first-order valence-electron chi connectivity index (χ1n) is 9.38. The van der Waals surface area contributed by atoms with E-state index < -0.39 is 5.25 Å². The highest BCUT2D eigenvalue weighted by Crippen LogP contribution is 2.31. The minimum Gasteiger partial charge on any atom is -0.360 e. The Kier molecular flexibility index (Phi) is 5.77. The summed E-state index contributed by atoms with van der Waals surface area (Å²) in [5, 5.41) is 16.2. The maximum atomic E-state index is 12.6. The van der Waals surface area contributed by atoms with E-state index in [1.54, 1.807) is 13.0 Å². The first-order chi connectivity index (χ1) is 14.0. The lowest BCUT2D eigenvalue weighted by Crippen LogP contribution is -2.24. The van der Waals surface area contributed by atoms with Crippen molar-refractivity contribution in [1.82, 2.24) is 19.9 Å². The fourth-order valence-corrected chi connectivity index (χ4v) is 4.21. The van der Waals surface area contributed by atoms with Crippen molar-refractivity contribution < 1.29 is 9.32 Å². The molecule has 1 aliphatic heterocycles. The van der Waals surface area contributed by atoms with E-state index >= 15 is 0 Å². The molecule has 1 aromatic carbocycles. The molecule has 2 aromatic heterocycles. The van der Waals surface area contributed by atoms with Gasteiger partial charge >= 0.3 is 0 Å². The van der Waals surface area contributed by atoms with Gasteiger partial charge < -0.3 is 14.7 Å². The second-order valence-corrected chi connectivity index (χ2v) is 8.61. The summed E-state index contributed by atoms with van der Waals surface area (Å²) < 4.78 is 6.96. The van der Waals surface area contributed by atoms with Gasteiger partial charge in [-0.1, -0.05) is 34.6 Å². The lowest BCUT2D eigenvalue weighted by Gasteiger charge is -2.19. The van der Waals surface area contributed by atoms with Crippen LogP contribution in [-0.4, -0.2) is 44.2 Å². The fraction of sp³-hybridized carbons (Fsp3) is 0.368. The number of nitrogens with one attached hydrogen (secondary N) is 1. The Morgan fingerprint density at radius 1 is 1.28 bits per heavy atom. The smallest absolute Gasteiger partial charge is 0.238 e. The van der Waals surface area contributed by atoms with Gasteiger partial charge in [0.25, 0.3) is 0 Å². The van der Waals surface area contributed by atoms with E-state index in [1.807, 2.05) is 35.8 Å². The molecule has 1 aliphatic rings. The van der Waals surface area contributed by atoms with E-state index in [2.05, 4.69) is 25.6 Å². The summed E-state index contributed by atoms with van der Waals surface area (Å²) in [6, 6.07) is 9.23. The maximum absolute atomic E-state index is 12.6. The highest BCUT2D eigenvalue weighted by molar-refractivity contribution is 8.00. The Hall–Kier alpha value is -2.52. The standard InChI is InChI=1S/C19H21ClN6O2S/c1-12-10-16(24-28-12)21-17(27)13(2)29-19-23-22-18(25-8-3-4-9-25)26(19)15-7-5-6-14(20)11-15/h5-7,10-11,13H,3-4,8-9H2,1-2H3,(H,21,24,27). The quantitative estimate of drug-likeness (QED) is 0.590. The lowest BCUT2D eigenvalue weighted by molar-refractivity contribution is -0.115. The molecule has 8 nitrogen and oxygen atoms in total. The zero-order chi connectivity index (χ0) is 20.4. The molecule has 1 amide bonds. The molecule has 3 aromatic rings. The topological polar surface area (TPSA) is 89.1 Å². The molecular weight excluding hydrogens is 412 g/mol. The molecule has 0 saturated carbocycles. The van der Waals surface area contributed by atoms with E-state index in [0.717, 1.165) is 37.6 Å². The summed E-state index contributed by atoms with van der Waals surface area (Å²) in [6.45, 7) is 5.46. The monoisotopic (exact) mass is 432 g/mol. The van der Waals surface area contributed by atoms with Gasteiger partial charge in [0.1, 0.15) is 5.76 Å². The molecule has 29 heavy (non-hydrogen) atoms. The number of rotatable bonds is 6. The number of thioether (sulfide) groups is 1. The van der Waals surface area contributed by atoms with Crippen molar-refractivity contribution in [2.75, 3.05) is 23.3 Å². The number of hydrogen-bond acceptors (Lipinski definition) is 7. The van der Waals surface area contributed by atoms with Crippen LogP contribution in [0, 0.1) is 6.92 Å². The number of carbonyl (C=O) groups excluding carboxylic acids is 1. The van der Waals surface area contributed by atoms with Crippen LogP contribution in [0.25, 0.3) is 5.69 Å². The van der Waals surface area contributed by atoms with Gasteiger partial charge in [-0.25, -0.2) is 0 Å². The number of aryl methyl sites for hydroxylation is 1. The minimum atomic E-state index is -0.416. The normalized spacial score (nSPS) is 14.9. The average molecular weight is 433 g/mol. The molecule has 0 bridgehead atoms. The predicted molar refractivity (Wildman–Crippen MR) is 113 cm³/mol. The number of amides is 1. The summed E-state index contributed by atoms with van der Waals surface area (Å²) in [7, 11) is 0. The highest BCUT2D eigenvalue weighted by atomic mass is 35.5. The summed E-state index contributed by atoms with van der Waals surface area (Å²) >= 11 is 7.55. The van der Waals surface area contributed by atoms with Crippen LogP contribution in [-0.2, 0) is 4.79 Å². The molecule has 10 heteroatoms. The highest BCUT2D eigenvalue weighted by Gasteiger charge is 2.25. The van der Waals surface area contributed by atoms with Gasteiger partial charge in [0.15, 0.2) is 11.0 Å². The van der Waals surface area contributed by atoms with Crippen LogP contribution in [0.5, 0.6) is 0 Å². The molecule has 0 aliphatic carbocycles. The average Bonchev–Trinajstić information content (AvgIpc) is 3.42. The van der Waals surface area contributed by atoms with Crippen molar-refractivity contribution in [2.45, 2.75) is 37.1 Å². The molecule has 1 saturated heterocycles. The summed E-state index contributed by atoms with van der Waals surface area (Å²) in [6.07, 6.45) is 2.25. The number of aromatic nitrogens is 4. The third-order valence-electron chi connectivity index (χ3n) is 4.60. The van der Waals surface area contributed by atoms with Gasteiger partial charge in [0, 0.05) is 24.2 Å². The number of anilines is 2. The van der Waals surface area contributed by atoms with Gasteiger partial charge in [-0.15, -0.1) is 10.2 Å². The largest absolute Gasteiger partial charge is 0.360 e. The number of benzene rings is 1. The summed E-state index contributed by atoms with van der Waals surface area (Å²) in [5.74, 6) is 1.62. The second-order valence-electron chi connectivity index (χ2n) is 6.86. The van der Waals surface area contributed by atoms with Crippen molar-refractivity contribution in [1.29, 1.82) is 0 Å². The van der Waals surface area contributed by atoms with Crippen LogP contribution >= 0.6 is 23.4 Å². The van der Waals surface area contributed by atoms with E-state index in [0.29, 0.717) is 21.8 Å². The molecule has 0 radical (unpaired) electrons. The Morgan fingerprint density at radius 2 is 2.07 bits per heavy atom. The SMILES string of the molecule is Cc1cc(NC(=O)C(C)Sc2nnc(N3CCCC3)n2-c2cccc(Cl)c2)no1. The van der Waals surface area contributed by atoms with E-state index in [4.69, 9.17) is 16.1 Å². The molecule has 0 spiro atoms. The van der Waals surface area contributed by atoms with E-state index in [9.17, 15) is 4.79 Å². The molecular formula is C19H21ClN6O2S. The second kappa shape index (κ2) is 8.46. The Balaban J connectivity index is 1.60. The lowest BCUT2D eigenvalue weighted by atomic mass is 10.3. The molecule has 1 fully saturated rings. The van der Waals surface area contributed by atoms with Crippen molar-refractivity contribution in [3.63, 3.8) is 0 Å². The van der Waals surface area contributed by atoms with E-state index in [-0.39, 0.29) is 5.91 Å². The van der Waals surface area contributed by atoms with Crippen LogP contribution < -0.4 is 10.2 Å². The predicted octanol–water partition coefficient (Wildman–Crippen LogP) is 3.94. The Bertz CT molecular complexity index is 1010. The van der Waals surface area contributed by atoms with Crippen LogP contribution in [0.4, 0.5) is 11.8 Å². The molecule has 152 valence electrons. The summed E-state index contributed by atoms with van der Waals surface area (Å²) in [5.41, 5.74) is 0.867. The molecule has 1 N–H and O–H groups in total. The van der Waals surface area contributed by atoms with Gasteiger partial charge in [0.05, 0.1) is 10.9 Å². The first-order valence-corrected chi connectivity index (χ1v) is 10.6. The minimum absolute atomic E-state index is 0.188. The Labute approximate surface area is 177 Å².